The SMILES string of the molecule is O=C1N/C(=N\c2ccccc2Cl)S/C1=C\c1ccc2nccnc2c1.[NaH]. The van der Waals surface area contributed by atoms with E-state index in [4.69, 9.17) is 11.6 Å². The standard InChI is InChI=1S/C18H11ClN4OS.Na.H/c19-12-3-1-2-4-13(12)22-18-23-17(24)16(25-18)10-11-5-6-14-15(9-11)21-8-7-20-14;;/h1-10H,(H,22,23,24);;/b16-10-;;. The number of benzene rings is 2. The summed E-state index contributed by atoms with van der Waals surface area (Å²) in [7, 11) is 0. The van der Waals surface area contributed by atoms with Gasteiger partial charge in [-0.3, -0.25) is 14.8 Å². The fraction of sp³-hybridized carbons (Fsp3) is 0. The molecule has 1 aliphatic heterocycles. The van der Waals surface area contributed by atoms with Gasteiger partial charge in [-0.1, -0.05) is 29.8 Å². The van der Waals surface area contributed by atoms with Gasteiger partial charge in [-0.2, -0.15) is 0 Å². The zero-order valence-corrected chi connectivity index (χ0v) is 14.4. The van der Waals surface area contributed by atoms with Crippen molar-refractivity contribution in [3.63, 3.8) is 0 Å². The number of nitrogens with one attached hydrogen (secondary N) is 1. The first-order valence-corrected chi connectivity index (χ1v) is 8.63. The Kier molecular flexibility index (Phi) is 6.11. The summed E-state index contributed by atoms with van der Waals surface area (Å²) in [6.45, 7) is 0. The van der Waals surface area contributed by atoms with Gasteiger partial charge in [0.25, 0.3) is 5.91 Å². The summed E-state index contributed by atoms with van der Waals surface area (Å²) in [6.07, 6.45) is 5.10. The van der Waals surface area contributed by atoms with Crippen LogP contribution in [-0.2, 0) is 4.79 Å². The second-order valence-corrected chi connectivity index (χ2v) is 6.68. The third-order valence-electron chi connectivity index (χ3n) is 3.52. The second-order valence-electron chi connectivity index (χ2n) is 5.24. The molecule has 4 rings (SSSR count). The molecule has 0 atom stereocenters. The molecule has 0 spiro atoms. The van der Waals surface area contributed by atoms with Crippen LogP contribution in [0.1, 0.15) is 5.56 Å². The van der Waals surface area contributed by atoms with Crippen molar-refractivity contribution in [1.82, 2.24) is 15.3 Å². The van der Waals surface area contributed by atoms with Crippen molar-refractivity contribution >= 4 is 86.8 Å². The summed E-state index contributed by atoms with van der Waals surface area (Å²) in [5, 5.41) is 3.80. The Balaban J connectivity index is 0.00000196. The van der Waals surface area contributed by atoms with Gasteiger partial charge in [-0.25, -0.2) is 4.99 Å². The van der Waals surface area contributed by atoms with Crippen molar-refractivity contribution in [2.24, 2.45) is 4.99 Å². The fourth-order valence-electron chi connectivity index (χ4n) is 2.35. The van der Waals surface area contributed by atoms with E-state index in [0.717, 1.165) is 16.6 Å². The first kappa shape index (κ1) is 19.1. The molecule has 5 nitrogen and oxygen atoms in total. The molecule has 1 amide bonds. The molecule has 8 heteroatoms. The van der Waals surface area contributed by atoms with Crippen LogP contribution in [0.15, 0.2) is 64.8 Å². The molecular weight excluding hydrogens is 379 g/mol. The maximum absolute atomic E-state index is 12.2. The molecule has 3 aromatic rings. The van der Waals surface area contributed by atoms with Crippen LogP contribution in [0, 0.1) is 0 Å². The third kappa shape index (κ3) is 4.16. The molecular formula is C18H12ClN4NaOS. The van der Waals surface area contributed by atoms with Crippen molar-refractivity contribution < 1.29 is 4.79 Å². The summed E-state index contributed by atoms with van der Waals surface area (Å²) in [6, 6.07) is 12.9. The number of aromatic nitrogens is 2. The first-order chi connectivity index (χ1) is 12.2. The zero-order chi connectivity index (χ0) is 17.2. The molecule has 1 aliphatic rings. The van der Waals surface area contributed by atoms with E-state index >= 15 is 0 Å². The van der Waals surface area contributed by atoms with Crippen LogP contribution in [0.2, 0.25) is 5.02 Å². The Bertz CT molecular complexity index is 1050. The molecule has 2 heterocycles. The third-order valence-corrected chi connectivity index (χ3v) is 4.75. The van der Waals surface area contributed by atoms with Crippen LogP contribution in [0.25, 0.3) is 17.1 Å². The van der Waals surface area contributed by atoms with E-state index in [0.29, 0.717) is 20.8 Å². The predicted molar refractivity (Wildman–Crippen MR) is 109 cm³/mol. The quantitative estimate of drug-likeness (QED) is 0.537. The van der Waals surface area contributed by atoms with E-state index in [9.17, 15) is 4.79 Å². The number of halogens is 1. The number of fused-ring (bicyclic) bond motifs is 1. The van der Waals surface area contributed by atoms with E-state index < -0.39 is 0 Å². The molecule has 2 aromatic carbocycles. The molecule has 1 aromatic heterocycles. The van der Waals surface area contributed by atoms with Gasteiger partial charge < -0.3 is 5.32 Å². The van der Waals surface area contributed by atoms with Crippen LogP contribution in [0.5, 0.6) is 0 Å². The van der Waals surface area contributed by atoms with Crippen LogP contribution in [-0.4, -0.2) is 50.6 Å². The van der Waals surface area contributed by atoms with E-state index in [2.05, 4.69) is 20.3 Å². The molecule has 0 bridgehead atoms. The summed E-state index contributed by atoms with van der Waals surface area (Å²) in [5.74, 6) is -0.185. The number of amidine groups is 1. The normalized spacial score (nSPS) is 16.7. The Morgan fingerprint density at radius 1 is 1.08 bits per heavy atom. The van der Waals surface area contributed by atoms with Gasteiger partial charge in [0.2, 0.25) is 0 Å². The average Bonchev–Trinajstić information content (AvgIpc) is 2.96. The van der Waals surface area contributed by atoms with Crippen molar-refractivity contribution in [1.29, 1.82) is 0 Å². The number of hydrogen-bond donors (Lipinski definition) is 1. The van der Waals surface area contributed by atoms with Gasteiger partial charge in [-0.05, 0) is 47.7 Å². The molecule has 0 radical (unpaired) electrons. The monoisotopic (exact) mass is 390 g/mol. The molecule has 1 fully saturated rings. The number of hydrogen-bond acceptors (Lipinski definition) is 5. The van der Waals surface area contributed by atoms with E-state index in [-0.39, 0.29) is 35.5 Å². The van der Waals surface area contributed by atoms with Crippen molar-refractivity contribution in [3.8, 4) is 0 Å². The molecule has 0 saturated carbocycles. The Morgan fingerprint density at radius 2 is 1.85 bits per heavy atom. The van der Waals surface area contributed by atoms with E-state index in [1.54, 1.807) is 24.5 Å². The Labute approximate surface area is 181 Å². The minimum atomic E-state index is -0.185. The van der Waals surface area contributed by atoms with Gasteiger partial charge >= 0.3 is 29.6 Å². The fourth-order valence-corrected chi connectivity index (χ4v) is 3.37. The summed E-state index contributed by atoms with van der Waals surface area (Å²) >= 11 is 7.38. The number of carbonyl (C=O) groups is 1. The van der Waals surface area contributed by atoms with Crippen LogP contribution in [0.4, 0.5) is 5.69 Å². The van der Waals surface area contributed by atoms with Crippen molar-refractivity contribution in [2.75, 3.05) is 0 Å². The number of carbonyl (C=O) groups excluding carboxylic acids is 1. The maximum atomic E-state index is 12.2. The van der Waals surface area contributed by atoms with Crippen molar-refractivity contribution in [3.05, 3.63) is 70.3 Å². The predicted octanol–water partition coefficient (Wildman–Crippen LogP) is 3.53. The Morgan fingerprint density at radius 3 is 2.65 bits per heavy atom. The van der Waals surface area contributed by atoms with Gasteiger partial charge in [0.1, 0.15) is 0 Å². The topological polar surface area (TPSA) is 67.2 Å². The van der Waals surface area contributed by atoms with E-state index in [1.165, 1.54) is 11.8 Å². The van der Waals surface area contributed by atoms with Crippen LogP contribution >= 0.6 is 23.4 Å². The van der Waals surface area contributed by atoms with Crippen LogP contribution in [0.3, 0.4) is 0 Å². The average molecular weight is 391 g/mol. The van der Waals surface area contributed by atoms with Gasteiger partial charge in [0, 0.05) is 12.4 Å². The summed E-state index contributed by atoms with van der Waals surface area (Å²) in [4.78, 5) is 25.7. The first-order valence-electron chi connectivity index (χ1n) is 7.44. The summed E-state index contributed by atoms with van der Waals surface area (Å²) < 4.78 is 0. The number of aliphatic imine (C=N–C) groups is 1. The number of nitrogens with zero attached hydrogens (tertiary/aromatic N) is 3. The Hall–Kier alpha value is -1.70. The van der Waals surface area contributed by atoms with Gasteiger partial charge in [-0.15, -0.1) is 0 Å². The van der Waals surface area contributed by atoms with Gasteiger partial charge in [0.15, 0.2) is 5.17 Å². The molecule has 26 heavy (non-hydrogen) atoms. The molecule has 0 aliphatic carbocycles. The molecule has 0 unspecified atom stereocenters. The molecule has 1 N–H and O–H groups in total. The van der Waals surface area contributed by atoms with E-state index in [1.807, 2.05) is 36.4 Å². The van der Waals surface area contributed by atoms with Gasteiger partial charge in [0.05, 0.1) is 26.6 Å². The number of amides is 1. The molecule has 124 valence electrons. The zero-order valence-electron chi connectivity index (χ0n) is 12.8. The number of rotatable bonds is 2. The van der Waals surface area contributed by atoms with Crippen molar-refractivity contribution in [2.45, 2.75) is 0 Å². The molecule has 1 saturated heterocycles. The summed E-state index contributed by atoms with van der Waals surface area (Å²) in [5.41, 5.74) is 3.10. The number of para-hydroxylation sites is 1. The van der Waals surface area contributed by atoms with Crippen LogP contribution < -0.4 is 5.32 Å². The minimum absolute atomic E-state index is 0. The number of thioether (sulfide) groups is 1. The second kappa shape index (κ2) is 8.33.